The summed E-state index contributed by atoms with van der Waals surface area (Å²) in [4.78, 5) is 1.43. The van der Waals surface area contributed by atoms with Gasteiger partial charge in [0.2, 0.25) is 0 Å². The summed E-state index contributed by atoms with van der Waals surface area (Å²) in [6, 6.07) is 6.82. The number of allylic oxidation sites excluding steroid dienone is 1. The van der Waals surface area contributed by atoms with Crippen molar-refractivity contribution in [2.24, 2.45) is 5.92 Å². The van der Waals surface area contributed by atoms with Gasteiger partial charge in [0, 0.05) is 4.91 Å². The van der Waals surface area contributed by atoms with Gasteiger partial charge >= 0.3 is 0 Å². The Morgan fingerprint density at radius 2 is 2.05 bits per heavy atom. The summed E-state index contributed by atoms with van der Waals surface area (Å²) in [7, 11) is 0. The molecule has 0 saturated heterocycles. The van der Waals surface area contributed by atoms with Crippen LogP contribution in [0.3, 0.4) is 0 Å². The molecule has 1 aliphatic heterocycles. The molecule has 0 saturated carbocycles. The van der Waals surface area contributed by atoms with Crippen LogP contribution in [0.5, 0.6) is 0 Å². The third-order valence-electron chi connectivity index (χ3n) is 3.74. The Hall–Kier alpha value is -0.800. The maximum Gasteiger partial charge on any atom is 0.0616 e. The molecule has 114 valence electrons. The molecule has 0 radical (unpaired) electrons. The van der Waals surface area contributed by atoms with Gasteiger partial charge in [-0.2, -0.15) is 0 Å². The summed E-state index contributed by atoms with van der Waals surface area (Å²) in [6.45, 7) is 13.1. The van der Waals surface area contributed by atoms with Crippen LogP contribution in [0.2, 0.25) is 0 Å². The van der Waals surface area contributed by atoms with Crippen molar-refractivity contribution in [1.82, 2.24) is 4.72 Å². The normalized spacial score (nSPS) is 15.6. The molecule has 0 unspecified atom stereocenters. The molecule has 0 aliphatic carbocycles. The van der Waals surface area contributed by atoms with E-state index in [0.717, 1.165) is 23.0 Å². The highest BCUT2D eigenvalue weighted by Gasteiger charge is 2.18. The summed E-state index contributed by atoms with van der Waals surface area (Å²) < 4.78 is 4.64. The topological polar surface area (TPSA) is 12.0 Å². The summed E-state index contributed by atoms with van der Waals surface area (Å²) in [5, 5.41) is 0. The largest absolute Gasteiger partial charge is 0.324 e. The molecule has 1 heterocycles. The second-order valence-corrected chi connectivity index (χ2v) is 8.25. The molecule has 21 heavy (non-hydrogen) atoms. The van der Waals surface area contributed by atoms with Crippen LogP contribution in [-0.2, 0) is 6.42 Å². The number of hydrogen-bond acceptors (Lipinski definition) is 3. The van der Waals surface area contributed by atoms with Crippen LogP contribution in [0, 0.1) is 12.8 Å². The number of hydrogen-bond donors (Lipinski definition) is 1. The molecule has 1 aliphatic rings. The van der Waals surface area contributed by atoms with Crippen LogP contribution in [-0.4, -0.2) is 0 Å². The zero-order valence-corrected chi connectivity index (χ0v) is 15.1. The zero-order chi connectivity index (χ0) is 15.4. The van der Waals surface area contributed by atoms with Gasteiger partial charge in [-0.15, -0.1) is 0 Å². The van der Waals surface area contributed by atoms with Gasteiger partial charge in [0.05, 0.1) is 9.93 Å². The number of benzene rings is 1. The Kier molecular flexibility index (Phi) is 5.88. The minimum absolute atomic E-state index is 0.728. The average molecular weight is 320 g/mol. The van der Waals surface area contributed by atoms with E-state index >= 15 is 0 Å². The van der Waals surface area contributed by atoms with Crippen LogP contribution < -0.4 is 4.72 Å². The van der Waals surface area contributed by atoms with E-state index in [2.05, 4.69) is 57.2 Å². The van der Waals surface area contributed by atoms with Crippen LogP contribution in [0.15, 0.2) is 33.9 Å². The SMILES string of the molecule is C=C1SNC(c2ccc(CC)c(C)c2)=C(CCC(C)C)S1. The standard InChI is InChI=1S/C18H25NS2/c1-6-15-8-9-16(11-13(15)4)18-17(10-7-12(2)3)20-14(5)21-19-18/h8-9,11-12,19H,5-7,10H2,1-4H3. The molecule has 1 N–H and O–H groups in total. The monoisotopic (exact) mass is 319 g/mol. The molecule has 0 aromatic heterocycles. The molecule has 1 aromatic carbocycles. The predicted molar refractivity (Wildman–Crippen MR) is 99.0 cm³/mol. The first-order valence-corrected chi connectivity index (χ1v) is 9.27. The fourth-order valence-corrected chi connectivity index (χ4v) is 4.32. The van der Waals surface area contributed by atoms with Crippen LogP contribution in [0.4, 0.5) is 0 Å². The zero-order valence-electron chi connectivity index (χ0n) is 13.5. The highest BCUT2D eigenvalue weighted by atomic mass is 32.2. The van der Waals surface area contributed by atoms with Gasteiger partial charge in [-0.25, -0.2) is 0 Å². The van der Waals surface area contributed by atoms with Gasteiger partial charge in [0.1, 0.15) is 0 Å². The lowest BCUT2D eigenvalue weighted by atomic mass is 10.0. The summed E-state index contributed by atoms with van der Waals surface area (Å²) in [5.74, 6) is 0.728. The first-order chi connectivity index (χ1) is 10.0. The molecule has 1 aromatic rings. The predicted octanol–water partition coefficient (Wildman–Crippen LogP) is 6.12. The lowest BCUT2D eigenvalue weighted by Gasteiger charge is -2.23. The smallest absolute Gasteiger partial charge is 0.0616 e. The molecule has 0 atom stereocenters. The number of rotatable bonds is 5. The van der Waals surface area contributed by atoms with E-state index in [0.29, 0.717) is 0 Å². The van der Waals surface area contributed by atoms with Crippen LogP contribution in [0.25, 0.3) is 5.70 Å². The highest BCUT2D eigenvalue weighted by molar-refractivity contribution is 8.24. The van der Waals surface area contributed by atoms with Gasteiger partial charge in [0.25, 0.3) is 0 Å². The van der Waals surface area contributed by atoms with Gasteiger partial charge in [-0.3, -0.25) is 0 Å². The van der Waals surface area contributed by atoms with E-state index in [4.69, 9.17) is 0 Å². The first kappa shape index (κ1) is 16.6. The van der Waals surface area contributed by atoms with Gasteiger partial charge < -0.3 is 4.72 Å². The third-order valence-corrected chi connectivity index (χ3v) is 5.66. The van der Waals surface area contributed by atoms with Crippen molar-refractivity contribution in [3.8, 4) is 0 Å². The highest BCUT2D eigenvalue weighted by Crippen LogP contribution is 2.43. The molecule has 0 fully saturated rings. The number of thioether (sulfide) groups is 1. The van der Waals surface area contributed by atoms with Crippen molar-refractivity contribution in [2.75, 3.05) is 0 Å². The summed E-state index contributed by atoms with van der Waals surface area (Å²) in [5.41, 5.74) is 5.40. The average Bonchev–Trinajstić information content (AvgIpc) is 2.45. The Balaban J connectivity index is 2.33. The minimum Gasteiger partial charge on any atom is -0.324 e. The molecular formula is C18H25NS2. The Morgan fingerprint density at radius 1 is 1.29 bits per heavy atom. The Morgan fingerprint density at radius 3 is 2.67 bits per heavy atom. The maximum absolute atomic E-state index is 4.09. The molecule has 2 rings (SSSR count). The van der Waals surface area contributed by atoms with E-state index in [-0.39, 0.29) is 0 Å². The molecule has 0 spiro atoms. The first-order valence-electron chi connectivity index (χ1n) is 7.64. The van der Waals surface area contributed by atoms with Crippen LogP contribution in [0.1, 0.15) is 50.3 Å². The molecule has 1 nitrogen and oxygen atoms in total. The van der Waals surface area contributed by atoms with Crippen molar-refractivity contribution < 1.29 is 0 Å². The summed E-state index contributed by atoms with van der Waals surface area (Å²) in [6.07, 6.45) is 3.44. The lowest BCUT2D eigenvalue weighted by Crippen LogP contribution is -2.10. The van der Waals surface area contributed by atoms with Gasteiger partial charge in [0.15, 0.2) is 0 Å². The quantitative estimate of drug-likeness (QED) is 0.657. The second kappa shape index (κ2) is 7.46. The molecule has 0 amide bonds. The van der Waals surface area contributed by atoms with Gasteiger partial charge in [-0.05, 0) is 66.8 Å². The van der Waals surface area contributed by atoms with Gasteiger partial charge in [-0.1, -0.05) is 51.2 Å². The Bertz CT molecular complexity index is 558. The van der Waals surface area contributed by atoms with E-state index < -0.39 is 0 Å². The maximum atomic E-state index is 4.09. The third kappa shape index (κ3) is 4.33. The van der Waals surface area contributed by atoms with E-state index in [1.807, 2.05) is 11.8 Å². The van der Waals surface area contributed by atoms with Crippen LogP contribution >= 0.6 is 23.7 Å². The van der Waals surface area contributed by atoms with E-state index in [9.17, 15) is 0 Å². The molecule has 3 heteroatoms. The second-order valence-electron chi connectivity index (χ2n) is 5.90. The fraction of sp³-hybridized carbons (Fsp3) is 0.444. The molecule has 0 bridgehead atoms. The van der Waals surface area contributed by atoms with Crippen molar-refractivity contribution in [1.29, 1.82) is 0 Å². The number of aryl methyl sites for hydroxylation is 2. The van der Waals surface area contributed by atoms with E-state index in [1.54, 1.807) is 11.9 Å². The summed E-state index contributed by atoms with van der Waals surface area (Å²) >= 11 is 3.47. The van der Waals surface area contributed by atoms with Crippen molar-refractivity contribution in [2.45, 2.75) is 47.0 Å². The Labute approximate surface area is 137 Å². The van der Waals surface area contributed by atoms with E-state index in [1.165, 1.54) is 33.7 Å². The van der Waals surface area contributed by atoms with Crippen molar-refractivity contribution >= 4 is 29.4 Å². The lowest BCUT2D eigenvalue weighted by molar-refractivity contribution is 0.592. The minimum atomic E-state index is 0.728. The number of nitrogens with one attached hydrogen (secondary N) is 1. The fourth-order valence-electron chi connectivity index (χ4n) is 2.44. The van der Waals surface area contributed by atoms with Crippen molar-refractivity contribution in [3.05, 3.63) is 50.6 Å². The van der Waals surface area contributed by atoms with Crippen molar-refractivity contribution in [3.63, 3.8) is 0 Å². The molecular weight excluding hydrogens is 294 g/mol.